The fourth-order valence-electron chi connectivity index (χ4n) is 3.49. The van der Waals surface area contributed by atoms with Crippen LogP contribution in [0.25, 0.3) is 10.4 Å². The molecule has 2 fully saturated rings. The van der Waals surface area contributed by atoms with E-state index < -0.39 is 55.8 Å². The van der Waals surface area contributed by atoms with Crippen molar-refractivity contribution in [3.63, 3.8) is 0 Å². The van der Waals surface area contributed by atoms with Gasteiger partial charge in [0.1, 0.15) is 30.5 Å². The molecule has 11 nitrogen and oxygen atoms in total. The molecule has 0 aromatic carbocycles. The van der Waals surface area contributed by atoms with Crippen molar-refractivity contribution in [3.8, 4) is 0 Å². The third-order valence-corrected chi connectivity index (χ3v) is 5.19. The van der Waals surface area contributed by atoms with E-state index >= 15 is 0 Å². The number of rotatable bonds is 13. The van der Waals surface area contributed by atoms with Crippen LogP contribution in [-0.4, -0.2) is 89.4 Å². The molecule has 0 bridgehead atoms. The summed E-state index contributed by atoms with van der Waals surface area (Å²) in [5.41, 5.74) is 8.38. The van der Waals surface area contributed by atoms with Gasteiger partial charge in [0.15, 0.2) is 12.6 Å². The van der Waals surface area contributed by atoms with E-state index in [1.807, 2.05) is 0 Å². The highest BCUT2D eigenvalue weighted by Gasteiger charge is 2.50. The molecule has 0 radical (unpaired) electrons. The van der Waals surface area contributed by atoms with Crippen LogP contribution in [-0.2, 0) is 18.9 Å². The van der Waals surface area contributed by atoms with Crippen molar-refractivity contribution in [1.82, 2.24) is 0 Å². The second-order valence-electron chi connectivity index (χ2n) is 7.39. The van der Waals surface area contributed by atoms with E-state index in [1.165, 1.54) is 19.3 Å². The molecule has 2 rings (SSSR count). The maximum Gasteiger partial charge on any atom is 0.187 e. The van der Waals surface area contributed by atoms with E-state index in [9.17, 15) is 20.4 Å². The van der Waals surface area contributed by atoms with Crippen LogP contribution < -0.4 is 0 Å². The Kier molecular flexibility index (Phi) is 10.6. The molecule has 168 valence electrons. The lowest BCUT2D eigenvalue weighted by atomic mass is 10.1. The number of aliphatic hydroxyl groups excluding tert-OH is 4. The van der Waals surface area contributed by atoms with Crippen LogP contribution in [0.3, 0.4) is 0 Å². The molecule has 0 aromatic rings. The monoisotopic (exact) mass is 419 g/mol. The molecule has 29 heavy (non-hydrogen) atoms. The summed E-state index contributed by atoms with van der Waals surface area (Å²) in [5, 5.41) is 43.5. The quantitative estimate of drug-likeness (QED) is 0.146. The van der Waals surface area contributed by atoms with Crippen molar-refractivity contribution >= 4 is 0 Å². The minimum Gasteiger partial charge on any atom is -0.394 e. The van der Waals surface area contributed by atoms with Crippen molar-refractivity contribution in [1.29, 1.82) is 0 Å². The van der Waals surface area contributed by atoms with Gasteiger partial charge in [-0.05, 0) is 12.0 Å². The molecule has 2 saturated heterocycles. The molecule has 0 aliphatic carbocycles. The Bertz CT molecular complexity index is 521. The summed E-state index contributed by atoms with van der Waals surface area (Å²) in [5.74, 6) is 0. The molecule has 11 heteroatoms. The molecule has 0 aromatic heterocycles. The Morgan fingerprint density at radius 3 is 2.31 bits per heavy atom. The highest BCUT2D eigenvalue weighted by molar-refractivity contribution is 4.92. The summed E-state index contributed by atoms with van der Waals surface area (Å²) in [6.45, 7) is 1.97. The number of azide groups is 1. The van der Waals surface area contributed by atoms with E-state index in [0.717, 1.165) is 19.3 Å². The first-order valence-electron chi connectivity index (χ1n) is 10.3. The van der Waals surface area contributed by atoms with Gasteiger partial charge in [0.05, 0.1) is 19.3 Å². The fraction of sp³-hybridized carbons (Fsp3) is 1.00. The summed E-state index contributed by atoms with van der Waals surface area (Å²) in [7, 11) is 0. The molecular formula is C18H33N3O8. The van der Waals surface area contributed by atoms with E-state index in [0.29, 0.717) is 6.61 Å². The lowest BCUT2D eigenvalue weighted by molar-refractivity contribution is -0.212. The average molecular weight is 419 g/mol. The van der Waals surface area contributed by atoms with Crippen LogP contribution in [0.5, 0.6) is 0 Å². The third-order valence-electron chi connectivity index (χ3n) is 5.19. The number of hydrogen-bond acceptors (Lipinski definition) is 9. The van der Waals surface area contributed by atoms with Gasteiger partial charge in [0.2, 0.25) is 0 Å². The molecule has 0 amide bonds. The van der Waals surface area contributed by atoms with Gasteiger partial charge in [-0.3, -0.25) is 0 Å². The number of unbranched alkanes of at least 4 members (excludes halogenated alkanes) is 5. The van der Waals surface area contributed by atoms with Gasteiger partial charge < -0.3 is 39.4 Å². The summed E-state index contributed by atoms with van der Waals surface area (Å²) in [6, 6.07) is 0. The van der Waals surface area contributed by atoms with Crippen LogP contribution >= 0.6 is 0 Å². The van der Waals surface area contributed by atoms with Gasteiger partial charge in [-0.2, -0.15) is 0 Å². The fourth-order valence-corrected chi connectivity index (χ4v) is 3.49. The van der Waals surface area contributed by atoms with Gasteiger partial charge in [-0.25, -0.2) is 0 Å². The Morgan fingerprint density at radius 1 is 0.931 bits per heavy atom. The predicted octanol–water partition coefficient (Wildman–Crippen LogP) is 0.584. The summed E-state index contributed by atoms with van der Waals surface area (Å²) in [6.07, 6.45) is -2.36. The first-order chi connectivity index (χ1) is 14.0. The Hall–Kier alpha value is -1.01. The van der Waals surface area contributed by atoms with E-state index in [4.69, 9.17) is 24.5 Å². The lowest BCUT2D eigenvalue weighted by Gasteiger charge is -2.25. The molecule has 2 heterocycles. The molecule has 0 unspecified atom stereocenters. The maximum atomic E-state index is 10.5. The molecule has 0 saturated carbocycles. The van der Waals surface area contributed by atoms with Gasteiger partial charge in [0, 0.05) is 11.5 Å². The highest BCUT2D eigenvalue weighted by atomic mass is 16.8. The molecule has 0 spiro atoms. The zero-order chi connectivity index (χ0) is 21.2. The second kappa shape index (κ2) is 12.6. The number of nitrogens with zero attached hydrogens (tertiary/aromatic N) is 3. The summed E-state index contributed by atoms with van der Waals surface area (Å²) in [4.78, 5) is 2.59. The zero-order valence-corrected chi connectivity index (χ0v) is 16.7. The second-order valence-corrected chi connectivity index (χ2v) is 7.39. The first-order valence-corrected chi connectivity index (χ1v) is 10.3. The van der Waals surface area contributed by atoms with E-state index in [2.05, 4.69) is 16.9 Å². The molecule has 8 atom stereocenters. The van der Waals surface area contributed by atoms with Crippen molar-refractivity contribution in [2.75, 3.05) is 19.8 Å². The van der Waals surface area contributed by atoms with Crippen molar-refractivity contribution in [2.45, 2.75) is 94.7 Å². The zero-order valence-electron chi connectivity index (χ0n) is 16.7. The standard InChI is InChI=1S/C18H33N3O8/c1-2-3-4-5-6-7-8-26-17-15(25)16(12(10-22)28-17)29-18-14(24)13(23)11(27-18)9-20-21-19/h11-18,22-25H,2-10H2,1H3/t11-,12-,13-,14+,15+,16-,17+,18-/m1/s1. The van der Waals surface area contributed by atoms with Gasteiger partial charge in [0.25, 0.3) is 0 Å². The highest BCUT2D eigenvalue weighted by Crippen LogP contribution is 2.30. The normalized spacial score (nSPS) is 37.0. The average Bonchev–Trinajstić information content (AvgIpc) is 3.17. The minimum absolute atomic E-state index is 0.175. The third kappa shape index (κ3) is 6.74. The van der Waals surface area contributed by atoms with Crippen molar-refractivity contribution in [3.05, 3.63) is 10.4 Å². The SMILES string of the molecule is CCCCCCCCO[C@H]1O[C@H](CO)[C@@H](O[C@H]2O[C@H](CN=[N+]=[N-])[C@@H](O)[C@@H]2O)[C@@H]1O. The molecule has 2 aliphatic heterocycles. The van der Waals surface area contributed by atoms with Gasteiger partial charge in [-0.15, -0.1) is 0 Å². The number of ether oxygens (including phenoxy) is 4. The van der Waals surface area contributed by atoms with Crippen LogP contribution in [0.15, 0.2) is 5.11 Å². The summed E-state index contributed by atoms with van der Waals surface area (Å²) < 4.78 is 22.1. The van der Waals surface area contributed by atoms with Crippen LogP contribution in [0.2, 0.25) is 0 Å². The largest absolute Gasteiger partial charge is 0.394 e. The maximum absolute atomic E-state index is 10.5. The van der Waals surface area contributed by atoms with Gasteiger partial charge in [-0.1, -0.05) is 44.1 Å². The molecule has 2 aliphatic rings. The minimum atomic E-state index is -1.40. The summed E-state index contributed by atoms with van der Waals surface area (Å²) >= 11 is 0. The van der Waals surface area contributed by atoms with E-state index in [1.54, 1.807) is 0 Å². The predicted molar refractivity (Wildman–Crippen MR) is 101 cm³/mol. The Labute approximate surface area is 170 Å². The van der Waals surface area contributed by atoms with Crippen molar-refractivity contribution in [2.24, 2.45) is 5.11 Å². The molecule has 4 N–H and O–H groups in total. The van der Waals surface area contributed by atoms with Crippen LogP contribution in [0.1, 0.15) is 45.4 Å². The lowest BCUT2D eigenvalue weighted by Crippen LogP contribution is -2.43. The Balaban J connectivity index is 1.81. The molecular weight excluding hydrogens is 386 g/mol. The van der Waals surface area contributed by atoms with Crippen molar-refractivity contribution < 1.29 is 39.4 Å². The number of aliphatic hydroxyl groups is 4. The van der Waals surface area contributed by atoms with Crippen LogP contribution in [0, 0.1) is 0 Å². The van der Waals surface area contributed by atoms with Crippen LogP contribution in [0.4, 0.5) is 0 Å². The smallest absolute Gasteiger partial charge is 0.187 e. The Morgan fingerprint density at radius 2 is 1.62 bits per heavy atom. The topological polar surface area (TPSA) is 167 Å². The van der Waals surface area contributed by atoms with E-state index in [-0.39, 0.29) is 6.54 Å². The van der Waals surface area contributed by atoms with Gasteiger partial charge >= 0.3 is 0 Å². The number of hydrogen-bond donors (Lipinski definition) is 4. The first kappa shape index (κ1) is 24.3.